The molecule has 254 valence electrons. The lowest BCUT2D eigenvalue weighted by atomic mass is 10.1. The first-order valence-corrected chi connectivity index (χ1v) is 16.7. The van der Waals surface area contributed by atoms with Crippen LogP contribution in [0.4, 0.5) is 26.7 Å². The standard InChI is InChI=1S/C35H37N7O6S/c1-21-24(14-15-26(38-21)47-23-11-6-5-7-12-23)42-25-16-18-36-32-28(25)29(40-33(42)45)30(49-32)31(44)39-22-10-9-19-41(20-22)27(43)13-8-17-37-34(46)48-35(2,3)4/h5-8,11-16,18,22H,9-10,17,19-20H2,1-4H3,(H,37,46)(H,39,44)(H,40,45)/b13-8+/t22-/m1/s1. The molecule has 1 aromatic carbocycles. The fourth-order valence-corrected chi connectivity index (χ4v) is 6.71. The molecule has 6 rings (SSSR count). The fraction of sp³-hybridized carbons (Fsp3) is 0.314. The van der Waals surface area contributed by atoms with Gasteiger partial charge in [0.2, 0.25) is 11.8 Å². The van der Waals surface area contributed by atoms with E-state index in [1.54, 1.807) is 63.1 Å². The number of hydrogen-bond donors (Lipinski definition) is 3. The number of amides is 5. The number of ether oxygens (including phenoxy) is 2. The number of anilines is 3. The van der Waals surface area contributed by atoms with Crippen molar-refractivity contribution in [2.45, 2.75) is 52.2 Å². The summed E-state index contributed by atoms with van der Waals surface area (Å²) >= 11 is 1.20. The van der Waals surface area contributed by atoms with E-state index in [0.717, 1.165) is 0 Å². The number of alkyl carbamates (subject to hydrolysis) is 1. The first-order chi connectivity index (χ1) is 23.5. The van der Waals surface area contributed by atoms with Crippen molar-refractivity contribution < 1.29 is 28.7 Å². The zero-order valence-electron chi connectivity index (χ0n) is 27.6. The van der Waals surface area contributed by atoms with Crippen LogP contribution in [-0.4, -0.2) is 70.1 Å². The van der Waals surface area contributed by atoms with Crippen molar-refractivity contribution in [1.82, 2.24) is 25.5 Å². The molecule has 0 aliphatic carbocycles. The molecule has 2 aliphatic rings. The summed E-state index contributed by atoms with van der Waals surface area (Å²) in [5, 5.41) is 9.23. The number of nitrogens with zero attached hydrogens (tertiary/aromatic N) is 4. The van der Waals surface area contributed by atoms with Crippen LogP contribution < -0.4 is 25.6 Å². The van der Waals surface area contributed by atoms with Gasteiger partial charge < -0.3 is 30.3 Å². The normalized spacial score (nSPS) is 16.0. The molecule has 0 unspecified atom stereocenters. The predicted octanol–water partition coefficient (Wildman–Crippen LogP) is 6.28. The van der Waals surface area contributed by atoms with Crippen LogP contribution >= 0.6 is 11.3 Å². The van der Waals surface area contributed by atoms with Gasteiger partial charge in [-0.05, 0) is 64.8 Å². The minimum Gasteiger partial charge on any atom is -0.444 e. The second kappa shape index (κ2) is 13.9. The van der Waals surface area contributed by atoms with Gasteiger partial charge in [0.05, 0.1) is 28.1 Å². The van der Waals surface area contributed by atoms with Gasteiger partial charge in [-0.2, -0.15) is 0 Å². The van der Waals surface area contributed by atoms with E-state index in [4.69, 9.17) is 9.47 Å². The van der Waals surface area contributed by atoms with E-state index in [9.17, 15) is 19.2 Å². The van der Waals surface area contributed by atoms with Gasteiger partial charge >= 0.3 is 12.1 Å². The number of hydrogen-bond acceptors (Lipinski definition) is 9. The average molecular weight is 684 g/mol. The van der Waals surface area contributed by atoms with Gasteiger partial charge in [-0.1, -0.05) is 24.3 Å². The Morgan fingerprint density at radius 2 is 1.90 bits per heavy atom. The van der Waals surface area contributed by atoms with Gasteiger partial charge in [-0.15, -0.1) is 11.3 Å². The van der Waals surface area contributed by atoms with Crippen molar-refractivity contribution in [2.24, 2.45) is 0 Å². The van der Waals surface area contributed by atoms with Crippen molar-refractivity contribution in [2.75, 3.05) is 29.9 Å². The lowest BCUT2D eigenvalue weighted by molar-refractivity contribution is -0.127. The van der Waals surface area contributed by atoms with Gasteiger partial charge in [0.25, 0.3) is 5.91 Å². The van der Waals surface area contributed by atoms with E-state index >= 15 is 0 Å². The topological polar surface area (TPSA) is 155 Å². The van der Waals surface area contributed by atoms with Crippen LogP contribution in [0.25, 0.3) is 10.2 Å². The molecule has 5 amide bonds. The van der Waals surface area contributed by atoms with Crippen LogP contribution in [-0.2, 0) is 9.53 Å². The van der Waals surface area contributed by atoms with Gasteiger partial charge in [0.15, 0.2) is 0 Å². The van der Waals surface area contributed by atoms with E-state index in [1.807, 2.05) is 30.3 Å². The van der Waals surface area contributed by atoms with Crippen LogP contribution in [0.3, 0.4) is 0 Å². The van der Waals surface area contributed by atoms with E-state index < -0.39 is 17.7 Å². The van der Waals surface area contributed by atoms with Crippen LogP contribution in [0.2, 0.25) is 0 Å². The maximum Gasteiger partial charge on any atom is 0.407 e. The Kier molecular flexibility index (Phi) is 9.49. The highest BCUT2D eigenvalue weighted by Crippen LogP contribution is 2.46. The highest BCUT2D eigenvalue weighted by Gasteiger charge is 2.34. The number of pyridine rings is 2. The SMILES string of the molecule is Cc1nc(Oc2ccccc2)ccc1N1C(=O)Nc2c(C(=O)N[C@@H]3CCCN(C(=O)/C=C/CNC(=O)OC(C)(C)C)C3)sc3nccc1c23. The Morgan fingerprint density at radius 1 is 1.10 bits per heavy atom. The molecular weight excluding hydrogens is 646 g/mol. The molecular formula is C35H37N7O6S. The molecule has 4 aromatic rings. The molecule has 1 saturated heterocycles. The summed E-state index contributed by atoms with van der Waals surface area (Å²) in [6.45, 7) is 8.14. The van der Waals surface area contributed by atoms with Crippen LogP contribution in [0.1, 0.15) is 49.0 Å². The maximum absolute atomic E-state index is 13.7. The van der Waals surface area contributed by atoms with Crippen LogP contribution in [0.15, 0.2) is 66.9 Å². The van der Waals surface area contributed by atoms with E-state index in [1.165, 1.54) is 22.3 Å². The van der Waals surface area contributed by atoms with Crippen LogP contribution in [0, 0.1) is 6.92 Å². The summed E-state index contributed by atoms with van der Waals surface area (Å²) in [5.74, 6) is 0.479. The van der Waals surface area contributed by atoms with Gasteiger partial charge in [-0.25, -0.2) is 19.6 Å². The molecule has 3 aromatic heterocycles. The Morgan fingerprint density at radius 3 is 2.65 bits per heavy atom. The van der Waals surface area contributed by atoms with Crippen molar-refractivity contribution >= 4 is 62.6 Å². The molecule has 14 heteroatoms. The highest BCUT2D eigenvalue weighted by atomic mass is 32.1. The second-order valence-electron chi connectivity index (χ2n) is 12.6. The summed E-state index contributed by atoms with van der Waals surface area (Å²) < 4.78 is 11.1. The number of para-hydroxylation sites is 1. The molecule has 0 bridgehead atoms. The summed E-state index contributed by atoms with van der Waals surface area (Å²) in [6.07, 6.45) is 5.43. The summed E-state index contributed by atoms with van der Waals surface area (Å²) in [7, 11) is 0. The molecule has 5 heterocycles. The molecule has 1 fully saturated rings. The number of urea groups is 1. The number of carbonyl (C=O) groups is 4. The van der Waals surface area contributed by atoms with Crippen molar-refractivity contribution in [1.29, 1.82) is 0 Å². The summed E-state index contributed by atoms with van der Waals surface area (Å²) in [6, 6.07) is 13.8. The third-order valence-corrected chi connectivity index (χ3v) is 8.88. The largest absolute Gasteiger partial charge is 0.444 e. The number of benzene rings is 1. The van der Waals surface area contributed by atoms with Crippen molar-refractivity contribution in [3.63, 3.8) is 0 Å². The quantitative estimate of drug-likeness (QED) is 0.184. The number of piperidine rings is 1. The lowest BCUT2D eigenvalue weighted by Crippen LogP contribution is -2.49. The van der Waals surface area contributed by atoms with Crippen LogP contribution in [0.5, 0.6) is 11.6 Å². The Balaban J connectivity index is 1.14. The van der Waals surface area contributed by atoms with Crippen molar-refractivity contribution in [3.05, 3.63) is 77.5 Å². The third-order valence-electron chi connectivity index (χ3n) is 7.78. The Labute approximate surface area is 287 Å². The molecule has 2 aliphatic heterocycles. The minimum absolute atomic E-state index is 0.145. The molecule has 0 saturated carbocycles. The molecule has 0 spiro atoms. The lowest BCUT2D eigenvalue weighted by Gasteiger charge is -2.32. The molecule has 0 radical (unpaired) electrons. The number of thiophene rings is 1. The van der Waals surface area contributed by atoms with Gasteiger partial charge in [0.1, 0.15) is 21.1 Å². The number of aromatic nitrogens is 2. The Hall–Kier alpha value is -5.50. The number of carbonyl (C=O) groups excluding carboxylic acids is 4. The number of nitrogens with one attached hydrogen (secondary N) is 3. The smallest absolute Gasteiger partial charge is 0.407 e. The third kappa shape index (κ3) is 7.64. The van der Waals surface area contributed by atoms with Gasteiger partial charge in [0, 0.05) is 44.0 Å². The average Bonchev–Trinajstić information content (AvgIpc) is 3.43. The number of likely N-dealkylation sites (tertiary alicyclic amines) is 1. The molecule has 49 heavy (non-hydrogen) atoms. The minimum atomic E-state index is -0.613. The molecule has 1 atom stereocenters. The first kappa shape index (κ1) is 33.4. The zero-order valence-corrected chi connectivity index (χ0v) is 28.4. The second-order valence-corrected chi connectivity index (χ2v) is 13.6. The fourth-order valence-electron chi connectivity index (χ4n) is 5.68. The maximum atomic E-state index is 13.7. The van der Waals surface area contributed by atoms with Crippen molar-refractivity contribution in [3.8, 4) is 11.6 Å². The highest BCUT2D eigenvalue weighted by molar-refractivity contribution is 7.21. The predicted molar refractivity (Wildman–Crippen MR) is 187 cm³/mol. The zero-order chi connectivity index (χ0) is 34.7. The summed E-state index contributed by atoms with van der Waals surface area (Å²) in [4.78, 5) is 65.2. The summed E-state index contributed by atoms with van der Waals surface area (Å²) in [5.41, 5.74) is 1.52. The van der Waals surface area contributed by atoms with E-state index in [0.29, 0.717) is 75.4 Å². The van der Waals surface area contributed by atoms with Gasteiger partial charge in [-0.3, -0.25) is 14.5 Å². The molecule has 3 N–H and O–H groups in total. The Bertz CT molecular complexity index is 1940. The first-order valence-electron chi connectivity index (χ1n) is 15.9. The molecule has 13 nitrogen and oxygen atoms in total. The number of aryl methyl sites for hydroxylation is 1. The number of rotatable bonds is 8. The van der Waals surface area contributed by atoms with E-state index in [2.05, 4.69) is 25.9 Å². The monoisotopic (exact) mass is 683 g/mol. The van der Waals surface area contributed by atoms with E-state index in [-0.39, 0.29) is 24.4 Å².